The number of rotatable bonds is 2. The molecule has 0 saturated heterocycles. The third-order valence-electron chi connectivity index (χ3n) is 6.95. The van der Waals surface area contributed by atoms with E-state index in [9.17, 15) is 5.11 Å². The van der Waals surface area contributed by atoms with Crippen LogP contribution in [0.15, 0.2) is 23.4 Å². The molecule has 3 aliphatic carbocycles. The van der Waals surface area contributed by atoms with E-state index in [1.165, 1.54) is 17.5 Å². The Morgan fingerprint density at radius 2 is 2.08 bits per heavy atom. The summed E-state index contributed by atoms with van der Waals surface area (Å²) >= 11 is 0. The lowest BCUT2D eigenvalue weighted by molar-refractivity contribution is -0.0122. The molecular formula is C20H27NO3. The average Bonchev–Trinajstić information content (AvgIpc) is 2.86. The molecule has 1 aromatic carbocycles. The summed E-state index contributed by atoms with van der Waals surface area (Å²) in [6.45, 7) is 2.25. The van der Waals surface area contributed by atoms with E-state index < -0.39 is 6.10 Å². The number of fused-ring (bicyclic) bond motifs is 5. The number of methoxy groups -OCH3 is 1. The Labute approximate surface area is 143 Å². The zero-order valence-electron chi connectivity index (χ0n) is 14.8. The standard InChI is InChI=1S/C20H27NO3/c1-20-9-8-15-14-7-5-13(23-2)10-12(14)4-6-16(15)17(20)11-18(19(20)22)21-24-3/h5,7,10,15-17,19,22H,4,6,8-9,11H2,1-3H3/b21-18+. The van der Waals surface area contributed by atoms with Gasteiger partial charge in [0.25, 0.3) is 0 Å². The molecule has 0 aliphatic heterocycles. The second-order valence-corrected chi connectivity index (χ2v) is 7.90. The maximum absolute atomic E-state index is 10.8. The lowest BCUT2D eigenvalue weighted by Gasteiger charge is -2.49. The van der Waals surface area contributed by atoms with Crippen molar-refractivity contribution < 1.29 is 14.7 Å². The number of aliphatic hydroxyl groups is 1. The van der Waals surface area contributed by atoms with Gasteiger partial charge in [0.15, 0.2) is 0 Å². The van der Waals surface area contributed by atoms with Crippen molar-refractivity contribution in [2.24, 2.45) is 22.4 Å². The van der Waals surface area contributed by atoms with E-state index in [-0.39, 0.29) is 5.41 Å². The van der Waals surface area contributed by atoms with Gasteiger partial charge < -0.3 is 14.7 Å². The van der Waals surface area contributed by atoms with Crippen LogP contribution in [0.1, 0.15) is 49.7 Å². The molecule has 1 N–H and O–H groups in total. The molecule has 4 heteroatoms. The summed E-state index contributed by atoms with van der Waals surface area (Å²) in [4.78, 5) is 4.98. The zero-order valence-corrected chi connectivity index (χ0v) is 14.8. The molecule has 0 spiro atoms. The van der Waals surface area contributed by atoms with Crippen molar-refractivity contribution in [1.29, 1.82) is 0 Å². The zero-order chi connectivity index (χ0) is 16.9. The molecular weight excluding hydrogens is 302 g/mol. The maximum atomic E-state index is 10.8. The van der Waals surface area contributed by atoms with Gasteiger partial charge in [0.1, 0.15) is 19.0 Å². The quantitative estimate of drug-likeness (QED) is 0.845. The fourth-order valence-corrected chi connectivity index (χ4v) is 5.68. The van der Waals surface area contributed by atoms with Crippen LogP contribution in [0.3, 0.4) is 0 Å². The SMILES string of the molecule is CO/N=C1\CC2C3CCc4cc(OC)ccc4C3CCC2(C)C1O. The van der Waals surface area contributed by atoms with Crippen molar-refractivity contribution in [3.8, 4) is 5.75 Å². The summed E-state index contributed by atoms with van der Waals surface area (Å²) in [7, 11) is 3.30. The van der Waals surface area contributed by atoms with Crippen molar-refractivity contribution >= 4 is 5.71 Å². The fraction of sp³-hybridized carbons (Fsp3) is 0.650. The third-order valence-corrected chi connectivity index (χ3v) is 6.95. The predicted molar refractivity (Wildman–Crippen MR) is 93.4 cm³/mol. The van der Waals surface area contributed by atoms with Crippen molar-refractivity contribution in [1.82, 2.24) is 0 Å². The highest BCUT2D eigenvalue weighted by molar-refractivity contribution is 5.91. The van der Waals surface area contributed by atoms with E-state index in [1.54, 1.807) is 14.2 Å². The lowest BCUT2D eigenvalue weighted by Crippen LogP contribution is -2.44. The maximum Gasteiger partial charge on any atom is 0.119 e. The fourth-order valence-electron chi connectivity index (χ4n) is 5.68. The number of aliphatic hydroxyl groups excluding tert-OH is 1. The second-order valence-electron chi connectivity index (χ2n) is 7.90. The van der Waals surface area contributed by atoms with Crippen molar-refractivity contribution in [3.63, 3.8) is 0 Å². The minimum atomic E-state index is -0.458. The molecule has 0 bridgehead atoms. The highest BCUT2D eigenvalue weighted by Gasteiger charge is 2.57. The minimum Gasteiger partial charge on any atom is -0.497 e. The first-order valence-corrected chi connectivity index (χ1v) is 9.03. The van der Waals surface area contributed by atoms with Crippen molar-refractivity contribution in [2.45, 2.75) is 51.0 Å². The summed E-state index contributed by atoms with van der Waals surface area (Å²) in [6.07, 6.45) is 4.91. The van der Waals surface area contributed by atoms with Crippen LogP contribution in [-0.2, 0) is 11.3 Å². The first-order chi connectivity index (χ1) is 11.6. The topological polar surface area (TPSA) is 51.0 Å². The Bertz CT molecular complexity index is 671. The van der Waals surface area contributed by atoms with E-state index in [2.05, 4.69) is 30.3 Å². The molecule has 5 unspecified atom stereocenters. The second kappa shape index (κ2) is 5.76. The number of hydrogen-bond donors (Lipinski definition) is 1. The predicted octanol–water partition coefficient (Wildman–Crippen LogP) is 3.52. The van der Waals surface area contributed by atoms with Crippen LogP contribution in [0.2, 0.25) is 0 Å². The van der Waals surface area contributed by atoms with Gasteiger partial charge in [-0.15, -0.1) is 0 Å². The van der Waals surface area contributed by atoms with Crippen LogP contribution in [0.25, 0.3) is 0 Å². The van der Waals surface area contributed by atoms with E-state index in [1.807, 2.05) is 0 Å². The molecule has 130 valence electrons. The van der Waals surface area contributed by atoms with Gasteiger partial charge in [-0.2, -0.15) is 0 Å². The van der Waals surface area contributed by atoms with Gasteiger partial charge >= 0.3 is 0 Å². The number of oxime groups is 1. The number of hydrogen-bond acceptors (Lipinski definition) is 4. The van der Waals surface area contributed by atoms with E-state index in [0.29, 0.717) is 17.8 Å². The van der Waals surface area contributed by atoms with Gasteiger partial charge in [0.05, 0.1) is 12.8 Å². The molecule has 0 radical (unpaired) electrons. The third kappa shape index (κ3) is 2.19. The van der Waals surface area contributed by atoms with Crippen LogP contribution in [0.5, 0.6) is 5.75 Å². The van der Waals surface area contributed by atoms with E-state index in [0.717, 1.165) is 37.1 Å². The molecule has 0 amide bonds. The Kier molecular flexibility index (Phi) is 3.83. The molecule has 0 heterocycles. The molecule has 3 aliphatic rings. The number of ether oxygens (including phenoxy) is 1. The molecule has 1 aromatic rings. The molecule has 4 nitrogen and oxygen atoms in total. The summed E-state index contributed by atoms with van der Waals surface area (Å²) in [5.41, 5.74) is 3.73. The van der Waals surface area contributed by atoms with Gasteiger partial charge in [-0.25, -0.2) is 0 Å². The molecule has 24 heavy (non-hydrogen) atoms. The normalized spacial score (nSPS) is 39.1. The first kappa shape index (κ1) is 15.9. The lowest BCUT2D eigenvalue weighted by atomic mass is 9.55. The van der Waals surface area contributed by atoms with Crippen molar-refractivity contribution in [3.05, 3.63) is 29.3 Å². The minimum absolute atomic E-state index is 0.0531. The van der Waals surface area contributed by atoms with E-state index in [4.69, 9.17) is 9.57 Å². The Morgan fingerprint density at radius 3 is 2.83 bits per heavy atom. The van der Waals surface area contributed by atoms with Crippen LogP contribution < -0.4 is 4.74 Å². The van der Waals surface area contributed by atoms with Crippen LogP contribution in [0, 0.1) is 17.3 Å². The van der Waals surface area contributed by atoms with Crippen molar-refractivity contribution in [2.75, 3.05) is 14.2 Å². The number of aryl methyl sites for hydroxylation is 1. The molecule has 2 saturated carbocycles. The largest absolute Gasteiger partial charge is 0.497 e. The summed E-state index contributed by atoms with van der Waals surface area (Å²) in [6, 6.07) is 6.57. The highest BCUT2D eigenvalue weighted by Crippen LogP contribution is 2.60. The number of nitrogens with zero attached hydrogens (tertiary/aromatic N) is 1. The summed E-state index contributed by atoms with van der Waals surface area (Å²) < 4.78 is 5.39. The van der Waals surface area contributed by atoms with Crippen LogP contribution in [-0.4, -0.2) is 31.1 Å². The summed E-state index contributed by atoms with van der Waals surface area (Å²) in [5, 5.41) is 14.9. The van der Waals surface area contributed by atoms with Gasteiger partial charge in [-0.1, -0.05) is 18.1 Å². The van der Waals surface area contributed by atoms with Gasteiger partial charge in [-0.3, -0.25) is 0 Å². The van der Waals surface area contributed by atoms with E-state index >= 15 is 0 Å². The van der Waals surface area contributed by atoms with Gasteiger partial charge in [0.2, 0.25) is 0 Å². The molecule has 0 aromatic heterocycles. The van der Waals surface area contributed by atoms with Crippen LogP contribution in [0.4, 0.5) is 0 Å². The first-order valence-electron chi connectivity index (χ1n) is 9.03. The monoisotopic (exact) mass is 329 g/mol. The Morgan fingerprint density at radius 1 is 1.25 bits per heavy atom. The van der Waals surface area contributed by atoms with Gasteiger partial charge in [-0.05, 0) is 73.1 Å². The molecule has 5 atom stereocenters. The molecule has 4 rings (SSSR count). The Balaban J connectivity index is 1.67. The Hall–Kier alpha value is -1.55. The smallest absolute Gasteiger partial charge is 0.119 e. The van der Waals surface area contributed by atoms with Crippen LogP contribution >= 0.6 is 0 Å². The molecule has 2 fully saturated rings. The summed E-state index contributed by atoms with van der Waals surface area (Å²) in [5.74, 6) is 2.68. The van der Waals surface area contributed by atoms with Gasteiger partial charge in [0, 0.05) is 5.41 Å². The number of benzene rings is 1. The highest BCUT2D eigenvalue weighted by atomic mass is 16.6. The average molecular weight is 329 g/mol.